The van der Waals surface area contributed by atoms with Gasteiger partial charge in [-0.05, 0) is 57.7 Å². The second-order valence-corrected chi connectivity index (χ2v) is 9.89. The van der Waals surface area contributed by atoms with Gasteiger partial charge in [0.1, 0.15) is 0 Å². The van der Waals surface area contributed by atoms with Crippen molar-refractivity contribution in [1.29, 1.82) is 0 Å². The van der Waals surface area contributed by atoms with E-state index in [1.54, 1.807) is 0 Å². The highest BCUT2D eigenvalue weighted by atomic mass is 32.2. The SMILES string of the molecule is CC(C)(C)NCCS(=O)(=O)O.CC1CCCC(NCCCS)C1C. The lowest BCUT2D eigenvalue weighted by Gasteiger charge is -2.34. The standard InChI is InChI=1S/C11H23NS.C6H15NO3S/c1-9-5-3-6-11(10(9)2)12-7-4-8-13;1-6(2,3)7-4-5-11(8,9)10/h9-13H,3-8H2,1-2H3;7H,4-5H2,1-3H3,(H,8,9,10). The lowest BCUT2D eigenvalue weighted by atomic mass is 9.78. The average molecular weight is 383 g/mol. The molecule has 5 nitrogen and oxygen atoms in total. The van der Waals surface area contributed by atoms with E-state index in [0.717, 1.165) is 30.2 Å². The van der Waals surface area contributed by atoms with E-state index in [0.29, 0.717) is 0 Å². The molecule has 146 valence electrons. The molecule has 0 spiro atoms. The fourth-order valence-corrected chi connectivity index (χ4v) is 3.31. The molecule has 3 atom stereocenters. The molecule has 0 aromatic rings. The molecule has 0 heterocycles. The predicted octanol–water partition coefficient (Wildman–Crippen LogP) is 2.98. The van der Waals surface area contributed by atoms with E-state index in [-0.39, 0.29) is 17.8 Å². The van der Waals surface area contributed by atoms with Gasteiger partial charge in [-0.2, -0.15) is 21.0 Å². The van der Waals surface area contributed by atoms with Crippen molar-refractivity contribution in [2.24, 2.45) is 11.8 Å². The lowest BCUT2D eigenvalue weighted by Crippen LogP contribution is -2.41. The molecule has 24 heavy (non-hydrogen) atoms. The van der Waals surface area contributed by atoms with Gasteiger partial charge in [0.2, 0.25) is 0 Å². The van der Waals surface area contributed by atoms with Crippen LogP contribution in [-0.2, 0) is 10.1 Å². The molecule has 0 aromatic heterocycles. The van der Waals surface area contributed by atoms with Crippen molar-refractivity contribution >= 4 is 22.7 Å². The van der Waals surface area contributed by atoms with Gasteiger partial charge < -0.3 is 10.6 Å². The fraction of sp³-hybridized carbons (Fsp3) is 1.00. The molecule has 0 saturated heterocycles. The van der Waals surface area contributed by atoms with Crippen molar-refractivity contribution in [1.82, 2.24) is 10.6 Å². The highest BCUT2D eigenvalue weighted by molar-refractivity contribution is 7.85. The molecular weight excluding hydrogens is 344 g/mol. The highest BCUT2D eigenvalue weighted by Crippen LogP contribution is 2.29. The minimum atomic E-state index is -3.81. The Morgan fingerprint density at radius 3 is 2.29 bits per heavy atom. The van der Waals surface area contributed by atoms with Crippen LogP contribution in [0.15, 0.2) is 0 Å². The largest absolute Gasteiger partial charge is 0.314 e. The summed E-state index contributed by atoms with van der Waals surface area (Å²) in [6.45, 7) is 12.0. The van der Waals surface area contributed by atoms with Gasteiger partial charge in [0, 0.05) is 18.1 Å². The Bertz CT molecular complexity index is 422. The van der Waals surface area contributed by atoms with Gasteiger partial charge in [0.15, 0.2) is 0 Å². The van der Waals surface area contributed by atoms with Crippen LogP contribution < -0.4 is 10.6 Å². The van der Waals surface area contributed by atoms with Crippen LogP contribution in [-0.4, -0.2) is 49.1 Å². The first-order valence-electron chi connectivity index (χ1n) is 9.00. The van der Waals surface area contributed by atoms with E-state index < -0.39 is 10.1 Å². The number of hydrogen-bond donors (Lipinski definition) is 4. The third-order valence-corrected chi connectivity index (χ3v) is 5.50. The summed E-state index contributed by atoms with van der Waals surface area (Å²) in [5.74, 6) is 2.53. The topological polar surface area (TPSA) is 78.4 Å². The molecule has 7 heteroatoms. The molecular formula is C17H38N2O3S2. The minimum absolute atomic E-state index is 0.106. The van der Waals surface area contributed by atoms with Crippen molar-refractivity contribution in [3.8, 4) is 0 Å². The van der Waals surface area contributed by atoms with Gasteiger partial charge in [-0.1, -0.05) is 26.7 Å². The van der Waals surface area contributed by atoms with E-state index in [1.807, 2.05) is 20.8 Å². The Kier molecular flexibility index (Phi) is 11.8. The lowest BCUT2D eigenvalue weighted by molar-refractivity contribution is 0.207. The second-order valence-electron chi connectivity index (χ2n) is 7.87. The van der Waals surface area contributed by atoms with Crippen LogP contribution in [0.25, 0.3) is 0 Å². The number of thiol groups is 1. The maximum Gasteiger partial charge on any atom is 0.266 e. The van der Waals surface area contributed by atoms with E-state index >= 15 is 0 Å². The zero-order valence-electron chi connectivity index (χ0n) is 16.0. The van der Waals surface area contributed by atoms with E-state index in [9.17, 15) is 8.42 Å². The number of nitrogens with one attached hydrogen (secondary N) is 2. The highest BCUT2D eigenvalue weighted by Gasteiger charge is 2.25. The van der Waals surface area contributed by atoms with Crippen LogP contribution in [0.3, 0.4) is 0 Å². The van der Waals surface area contributed by atoms with Crippen molar-refractivity contribution in [2.75, 3.05) is 24.6 Å². The van der Waals surface area contributed by atoms with Crippen molar-refractivity contribution in [2.45, 2.75) is 71.9 Å². The maximum absolute atomic E-state index is 10.2. The zero-order valence-corrected chi connectivity index (χ0v) is 17.7. The Balaban J connectivity index is 0.000000449. The molecule has 1 rings (SSSR count). The average Bonchev–Trinajstić information content (AvgIpc) is 2.41. The zero-order chi connectivity index (χ0) is 18.8. The van der Waals surface area contributed by atoms with Crippen LogP contribution in [0, 0.1) is 11.8 Å². The van der Waals surface area contributed by atoms with Crippen LogP contribution >= 0.6 is 12.6 Å². The minimum Gasteiger partial charge on any atom is -0.314 e. The molecule has 1 aliphatic carbocycles. The van der Waals surface area contributed by atoms with Crippen LogP contribution in [0.4, 0.5) is 0 Å². The van der Waals surface area contributed by atoms with E-state index in [2.05, 4.69) is 37.1 Å². The molecule has 1 fully saturated rings. The van der Waals surface area contributed by atoms with E-state index in [1.165, 1.54) is 25.7 Å². The monoisotopic (exact) mass is 382 g/mol. The van der Waals surface area contributed by atoms with Gasteiger partial charge in [0.05, 0.1) is 5.75 Å². The van der Waals surface area contributed by atoms with E-state index in [4.69, 9.17) is 4.55 Å². The fourth-order valence-electron chi connectivity index (χ4n) is 2.79. The van der Waals surface area contributed by atoms with Crippen molar-refractivity contribution in [3.63, 3.8) is 0 Å². The third kappa shape index (κ3) is 13.5. The molecule has 1 aliphatic rings. The molecule has 0 amide bonds. The molecule has 0 bridgehead atoms. The first kappa shape index (κ1) is 24.2. The maximum atomic E-state index is 10.2. The molecule has 0 aromatic carbocycles. The van der Waals surface area contributed by atoms with Gasteiger partial charge in [0.25, 0.3) is 10.1 Å². The summed E-state index contributed by atoms with van der Waals surface area (Å²) < 4.78 is 28.8. The normalized spacial score (nSPS) is 25.0. The second kappa shape index (κ2) is 11.7. The first-order chi connectivity index (χ1) is 11.0. The van der Waals surface area contributed by atoms with Gasteiger partial charge >= 0.3 is 0 Å². The predicted molar refractivity (Wildman–Crippen MR) is 107 cm³/mol. The molecule has 3 unspecified atom stereocenters. The van der Waals surface area contributed by atoms with Gasteiger partial charge in [-0.25, -0.2) is 0 Å². The van der Waals surface area contributed by atoms with Crippen LogP contribution in [0.5, 0.6) is 0 Å². The van der Waals surface area contributed by atoms with Crippen LogP contribution in [0.2, 0.25) is 0 Å². The molecule has 0 aliphatic heterocycles. The first-order valence-corrected chi connectivity index (χ1v) is 11.2. The Morgan fingerprint density at radius 2 is 1.79 bits per heavy atom. The third-order valence-electron chi connectivity index (χ3n) is 4.46. The molecule has 1 saturated carbocycles. The number of rotatable bonds is 7. The summed E-state index contributed by atoms with van der Waals surface area (Å²) in [4.78, 5) is 0. The van der Waals surface area contributed by atoms with Gasteiger partial charge in [-0.3, -0.25) is 4.55 Å². The summed E-state index contributed by atoms with van der Waals surface area (Å²) in [5, 5.41) is 6.59. The van der Waals surface area contributed by atoms with Crippen LogP contribution in [0.1, 0.15) is 60.3 Å². The number of hydrogen-bond acceptors (Lipinski definition) is 5. The molecule has 0 radical (unpaired) electrons. The molecule has 3 N–H and O–H groups in total. The summed E-state index contributed by atoms with van der Waals surface area (Å²) in [6, 6.07) is 0.767. The summed E-state index contributed by atoms with van der Waals surface area (Å²) >= 11 is 4.22. The Hall–Kier alpha value is 0.180. The van der Waals surface area contributed by atoms with Crippen molar-refractivity contribution < 1.29 is 13.0 Å². The summed E-state index contributed by atoms with van der Waals surface area (Å²) in [6.07, 6.45) is 5.40. The quantitative estimate of drug-likeness (QED) is 0.309. The summed E-state index contributed by atoms with van der Waals surface area (Å²) in [7, 11) is -3.81. The smallest absolute Gasteiger partial charge is 0.266 e. The summed E-state index contributed by atoms with van der Waals surface area (Å²) in [5.41, 5.74) is -0.106. The van der Waals surface area contributed by atoms with Crippen molar-refractivity contribution in [3.05, 3.63) is 0 Å². The Morgan fingerprint density at radius 1 is 1.17 bits per heavy atom. The Labute approximate surface area is 154 Å². The van der Waals surface area contributed by atoms with Gasteiger partial charge in [-0.15, -0.1) is 0 Å².